The average molecular weight is 387 g/mol. The van der Waals surface area contributed by atoms with Crippen LogP contribution in [0.1, 0.15) is 11.1 Å². The van der Waals surface area contributed by atoms with Gasteiger partial charge in [-0.1, -0.05) is 72.3 Å². The van der Waals surface area contributed by atoms with Crippen LogP contribution in [0.5, 0.6) is 0 Å². The van der Waals surface area contributed by atoms with Gasteiger partial charge in [0.1, 0.15) is 5.52 Å². The number of fused-ring (bicyclic) bond motifs is 1. The molecule has 0 amide bonds. The fourth-order valence-corrected chi connectivity index (χ4v) is 3.38. The maximum Gasteiger partial charge on any atom is 0.418 e. The van der Waals surface area contributed by atoms with Crippen molar-refractivity contribution in [2.75, 3.05) is 0 Å². The quantitative estimate of drug-likeness (QED) is 0.397. The van der Waals surface area contributed by atoms with E-state index in [1.54, 1.807) is 16.8 Å². The van der Waals surface area contributed by atoms with Crippen molar-refractivity contribution >= 4 is 22.5 Å². The highest BCUT2D eigenvalue weighted by Gasteiger charge is 2.34. The summed E-state index contributed by atoms with van der Waals surface area (Å²) in [6.07, 6.45) is -4.48. The van der Waals surface area contributed by atoms with Crippen molar-refractivity contribution in [1.29, 1.82) is 0 Å². The van der Waals surface area contributed by atoms with Gasteiger partial charge in [-0.2, -0.15) is 18.3 Å². The molecule has 0 saturated heterocycles. The summed E-state index contributed by atoms with van der Waals surface area (Å²) in [6.45, 7) is 0.274. The third-order valence-electron chi connectivity index (χ3n) is 4.40. The molecule has 27 heavy (non-hydrogen) atoms. The van der Waals surface area contributed by atoms with Crippen LogP contribution in [0, 0.1) is 0 Å². The molecule has 3 aromatic carbocycles. The van der Waals surface area contributed by atoms with Crippen molar-refractivity contribution in [3.63, 3.8) is 0 Å². The Morgan fingerprint density at radius 1 is 0.852 bits per heavy atom. The van der Waals surface area contributed by atoms with E-state index < -0.39 is 11.7 Å². The molecule has 0 N–H and O–H groups in total. The fraction of sp³-hybridized carbons (Fsp3) is 0.0952. The molecule has 4 rings (SSSR count). The number of benzene rings is 3. The smallest absolute Gasteiger partial charge is 0.259 e. The minimum atomic E-state index is -4.48. The van der Waals surface area contributed by atoms with Crippen molar-refractivity contribution < 1.29 is 13.2 Å². The molecule has 1 aromatic heterocycles. The predicted molar refractivity (Wildman–Crippen MR) is 101 cm³/mol. The lowest BCUT2D eigenvalue weighted by molar-refractivity contribution is -0.136. The van der Waals surface area contributed by atoms with Gasteiger partial charge >= 0.3 is 6.18 Å². The van der Waals surface area contributed by atoms with Crippen LogP contribution in [0.25, 0.3) is 22.2 Å². The lowest BCUT2D eigenvalue weighted by Gasteiger charge is -2.09. The molecule has 0 bridgehead atoms. The lowest BCUT2D eigenvalue weighted by atomic mass is 10.0. The van der Waals surface area contributed by atoms with Crippen LogP contribution in [0.2, 0.25) is 5.02 Å². The monoisotopic (exact) mass is 386 g/mol. The Labute approximate surface area is 158 Å². The maximum atomic E-state index is 13.5. The number of aromatic nitrogens is 2. The van der Waals surface area contributed by atoms with E-state index in [2.05, 4.69) is 5.10 Å². The molecule has 0 saturated carbocycles. The van der Waals surface area contributed by atoms with E-state index in [0.717, 1.165) is 17.2 Å². The summed E-state index contributed by atoms with van der Waals surface area (Å²) in [4.78, 5) is 0. The first-order chi connectivity index (χ1) is 12.9. The summed E-state index contributed by atoms with van der Waals surface area (Å²) in [6, 6.07) is 20.7. The lowest BCUT2D eigenvalue weighted by Crippen LogP contribution is -2.07. The summed E-state index contributed by atoms with van der Waals surface area (Å²) in [5, 5.41) is 5.34. The fourth-order valence-electron chi connectivity index (χ4n) is 3.18. The van der Waals surface area contributed by atoms with Crippen LogP contribution in [-0.4, -0.2) is 9.78 Å². The Morgan fingerprint density at radius 2 is 1.56 bits per heavy atom. The third-order valence-corrected chi connectivity index (χ3v) is 4.77. The van der Waals surface area contributed by atoms with Gasteiger partial charge in [0.05, 0.1) is 17.8 Å². The molecule has 0 aliphatic heterocycles. The van der Waals surface area contributed by atoms with E-state index in [0.29, 0.717) is 16.1 Å². The highest BCUT2D eigenvalue weighted by atomic mass is 35.5. The van der Waals surface area contributed by atoms with Gasteiger partial charge in [-0.3, -0.25) is 4.68 Å². The molecule has 1 heterocycles. The molecule has 0 aliphatic rings. The van der Waals surface area contributed by atoms with E-state index in [-0.39, 0.29) is 12.1 Å². The van der Waals surface area contributed by atoms with Crippen LogP contribution in [0.4, 0.5) is 13.2 Å². The van der Waals surface area contributed by atoms with Gasteiger partial charge in [0.2, 0.25) is 0 Å². The number of rotatable bonds is 3. The Bertz CT molecular complexity index is 1100. The first-order valence-corrected chi connectivity index (χ1v) is 8.68. The minimum Gasteiger partial charge on any atom is -0.259 e. The number of alkyl halides is 3. The molecule has 136 valence electrons. The topological polar surface area (TPSA) is 17.8 Å². The second kappa shape index (κ2) is 6.74. The Morgan fingerprint density at radius 3 is 2.26 bits per heavy atom. The van der Waals surface area contributed by atoms with Gasteiger partial charge in [0, 0.05) is 16.0 Å². The molecule has 0 aliphatic carbocycles. The highest BCUT2D eigenvalue weighted by Crippen LogP contribution is 2.38. The zero-order chi connectivity index (χ0) is 19.0. The molecule has 0 spiro atoms. The Balaban J connectivity index is 1.98. The van der Waals surface area contributed by atoms with E-state index in [1.807, 2.05) is 48.5 Å². The second-order valence-electron chi connectivity index (χ2n) is 6.16. The number of hydrogen-bond acceptors (Lipinski definition) is 1. The van der Waals surface area contributed by atoms with Crippen LogP contribution in [0.3, 0.4) is 0 Å². The molecule has 0 atom stereocenters. The van der Waals surface area contributed by atoms with E-state index in [9.17, 15) is 13.2 Å². The molecular weight excluding hydrogens is 373 g/mol. The first-order valence-electron chi connectivity index (χ1n) is 8.30. The summed E-state index contributed by atoms with van der Waals surface area (Å²) in [7, 11) is 0. The Kier molecular flexibility index (Phi) is 4.40. The van der Waals surface area contributed by atoms with Crippen LogP contribution in [0.15, 0.2) is 72.8 Å². The van der Waals surface area contributed by atoms with Crippen molar-refractivity contribution in [1.82, 2.24) is 9.78 Å². The molecule has 4 aromatic rings. The first kappa shape index (κ1) is 17.6. The van der Waals surface area contributed by atoms with Crippen LogP contribution in [-0.2, 0) is 12.7 Å². The normalized spacial score (nSPS) is 11.9. The highest BCUT2D eigenvalue weighted by molar-refractivity contribution is 6.31. The van der Waals surface area contributed by atoms with Crippen LogP contribution >= 0.6 is 11.6 Å². The van der Waals surface area contributed by atoms with Crippen molar-refractivity contribution in [2.24, 2.45) is 0 Å². The number of hydrogen-bond donors (Lipinski definition) is 0. The summed E-state index contributed by atoms with van der Waals surface area (Å²) < 4.78 is 42.0. The summed E-state index contributed by atoms with van der Waals surface area (Å²) >= 11 is 6.25. The average Bonchev–Trinajstić information content (AvgIpc) is 3.01. The molecule has 6 heteroatoms. The number of nitrogens with zero attached hydrogens (tertiary/aromatic N) is 2. The number of halogens is 4. The van der Waals surface area contributed by atoms with Gasteiger partial charge in [0.15, 0.2) is 0 Å². The van der Waals surface area contributed by atoms with Crippen molar-refractivity contribution in [3.8, 4) is 11.3 Å². The maximum absolute atomic E-state index is 13.5. The Hall–Kier alpha value is -2.79. The molecular formula is C21H14ClF3N2. The molecule has 0 radical (unpaired) electrons. The third kappa shape index (κ3) is 3.30. The minimum absolute atomic E-state index is 0.0593. The van der Waals surface area contributed by atoms with Gasteiger partial charge in [-0.05, 0) is 17.7 Å². The van der Waals surface area contributed by atoms with E-state index in [4.69, 9.17) is 11.6 Å². The molecule has 0 unspecified atom stereocenters. The van der Waals surface area contributed by atoms with Crippen molar-refractivity contribution in [3.05, 3.63) is 88.9 Å². The summed E-state index contributed by atoms with van der Waals surface area (Å²) in [5.74, 6) is 0. The predicted octanol–water partition coefficient (Wildman–Crippen LogP) is 6.42. The molecule has 2 nitrogen and oxygen atoms in total. The summed E-state index contributed by atoms with van der Waals surface area (Å²) in [5.41, 5.74) is 1.42. The zero-order valence-corrected chi connectivity index (χ0v) is 14.8. The largest absolute Gasteiger partial charge is 0.418 e. The SMILES string of the molecule is FC(F)(F)c1cccc2c(-c3ccccc3)n(Cc3ccccc3Cl)nc12. The van der Waals surface area contributed by atoms with E-state index in [1.165, 1.54) is 6.07 Å². The van der Waals surface area contributed by atoms with Crippen molar-refractivity contribution in [2.45, 2.75) is 12.7 Å². The second-order valence-corrected chi connectivity index (χ2v) is 6.57. The van der Waals surface area contributed by atoms with Crippen LogP contribution < -0.4 is 0 Å². The standard InChI is InChI=1S/C21H14ClF3N2/c22-18-12-5-4-9-15(18)13-27-20(14-7-2-1-3-8-14)16-10-6-11-17(19(16)26-27)21(23,24)25/h1-12H,13H2. The van der Waals surface area contributed by atoms with E-state index >= 15 is 0 Å². The van der Waals surface area contributed by atoms with Gasteiger partial charge in [-0.15, -0.1) is 0 Å². The van der Waals surface area contributed by atoms with Gasteiger partial charge < -0.3 is 0 Å². The zero-order valence-electron chi connectivity index (χ0n) is 14.0. The van der Waals surface area contributed by atoms with Gasteiger partial charge in [-0.25, -0.2) is 0 Å². The molecule has 0 fully saturated rings. The van der Waals surface area contributed by atoms with Gasteiger partial charge in [0.25, 0.3) is 0 Å².